The van der Waals surface area contributed by atoms with Gasteiger partial charge in [0, 0.05) is 53.1 Å². The van der Waals surface area contributed by atoms with Crippen molar-refractivity contribution in [2.75, 3.05) is 11.4 Å². The van der Waals surface area contributed by atoms with E-state index in [0.29, 0.717) is 34.5 Å². The first-order valence-corrected chi connectivity index (χ1v) is 12.8. The lowest BCUT2D eigenvalue weighted by molar-refractivity contribution is -0.118. The van der Waals surface area contributed by atoms with Crippen LogP contribution in [0.1, 0.15) is 78.2 Å². The van der Waals surface area contributed by atoms with Gasteiger partial charge in [0.1, 0.15) is 0 Å². The Morgan fingerprint density at radius 1 is 1.14 bits per heavy atom. The third kappa shape index (κ3) is 6.66. The topological polar surface area (TPSA) is 108 Å². The number of nitrogens with two attached hydrogens (primary N) is 1. The number of carbonyl (C=O) groups is 2. The van der Waals surface area contributed by atoms with Gasteiger partial charge < -0.3 is 20.9 Å². The summed E-state index contributed by atoms with van der Waals surface area (Å²) in [5, 5.41) is 3.41. The molecule has 0 atom stereocenters. The number of hydrogen-bond donors (Lipinski definition) is 3. The van der Waals surface area contributed by atoms with Gasteiger partial charge in [-0.25, -0.2) is 0 Å². The highest BCUT2D eigenvalue weighted by molar-refractivity contribution is 6.31. The minimum absolute atomic E-state index is 0.147. The number of rotatable bonds is 9. The second kappa shape index (κ2) is 11.8. The molecule has 2 aromatic rings. The Balaban J connectivity index is 1.75. The molecule has 0 unspecified atom stereocenters. The van der Waals surface area contributed by atoms with Gasteiger partial charge in [0.15, 0.2) is 0 Å². The van der Waals surface area contributed by atoms with E-state index in [1.54, 1.807) is 6.07 Å². The maximum atomic E-state index is 13.2. The molecule has 35 heavy (non-hydrogen) atoms. The minimum atomic E-state index is -0.253. The zero-order chi connectivity index (χ0) is 25.7. The summed E-state index contributed by atoms with van der Waals surface area (Å²) in [5.74, 6) is 0.0503. The van der Waals surface area contributed by atoms with Crippen molar-refractivity contribution < 1.29 is 9.59 Å². The molecular formula is C27H37ClN4O3. The molecule has 1 aromatic carbocycles. The Bertz CT molecular complexity index is 1140. The number of hydrogen-bond acceptors (Lipinski definition) is 4. The Kier molecular flexibility index (Phi) is 9.00. The molecule has 1 aromatic heterocycles. The van der Waals surface area contributed by atoms with Crippen molar-refractivity contribution in [2.45, 2.75) is 78.8 Å². The molecule has 1 aliphatic carbocycles. The molecule has 1 saturated carbocycles. The van der Waals surface area contributed by atoms with Crippen LogP contribution in [0.15, 0.2) is 23.0 Å². The summed E-state index contributed by atoms with van der Waals surface area (Å²) in [6, 6.07) is 5.88. The first kappa shape index (κ1) is 26.8. The van der Waals surface area contributed by atoms with Gasteiger partial charge in [-0.15, -0.1) is 0 Å². The molecule has 0 bridgehead atoms. The summed E-state index contributed by atoms with van der Waals surface area (Å²) in [6.07, 6.45) is 5.49. The molecule has 1 aliphatic rings. The van der Waals surface area contributed by atoms with Crippen LogP contribution in [0.3, 0.4) is 0 Å². The van der Waals surface area contributed by atoms with E-state index >= 15 is 0 Å². The van der Waals surface area contributed by atoms with Gasteiger partial charge in [-0.2, -0.15) is 0 Å². The molecule has 3 rings (SSSR count). The average molecular weight is 501 g/mol. The highest BCUT2D eigenvalue weighted by atomic mass is 35.5. The Morgan fingerprint density at radius 2 is 1.83 bits per heavy atom. The van der Waals surface area contributed by atoms with Crippen molar-refractivity contribution in [1.29, 1.82) is 0 Å². The van der Waals surface area contributed by atoms with E-state index in [0.717, 1.165) is 61.2 Å². The number of aromatic nitrogens is 1. The van der Waals surface area contributed by atoms with Crippen molar-refractivity contribution in [3.05, 3.63) is 61.5 Å². The van der Waals surface area contributed by atoms with Crippen molar-refractivity contribution in [1.82, 2.24) is 10.3 Å². The molecule has 0 aliphatic heterocycles. The van der Waals surface area contributed by atoms with Gasteiger partial charge in [0.2, 0.25) is 5.91 Å². The molecule has 2 amide bonds. The van der Waals surface area contributed by atoms with E-state index in [4.69, 9.17) is 17.3 Å². The monoisotopic (exact) mass is 500 g/mol. The summed E-state index contributed by atoms with van der Waals surface area (Å²) in [7, 11) is 0. The molecule has 0 saturated heterocycles. The predicted molar refractivity (Wildman–Crippen MR) is 141 cm³/mol. The Hall–Kier alpha value is -2.80. The fourth-order valence-corrected chi connectivity index (χ4v) is 5.49. The average Bonchev–Trinajstić information content (AvgIpc) is 2.80. The molecule has 8 heteroatoms. The maximum absolute atomic E-state index is 13.2. The summed E-state index contributed by atoms with van der Waals surface area (Å²) in [6.45, 7) is 8.72. The van der Waals surface area contributed by atoms with Gasteiger partial charge in [-0.05, 0) is 95.0 Å². The van der Waals surface area contributed by atoms with E-state index < -0.39 is 0 Å². The summed E-state index contributed by atoms with van der Waals surface area (Å²) in [5.41, 5.74) is 9.68. The normalized spacial score (nSPS) is 17.7. The van der Waals surface area contributed by atoms with Gasteiger partial charge in [0.25, 0.3) is 11.5 Å². The quantitative estimate of drug-likeness (QED) is 0.469. The molecule has 0 spiro atoms. The Labute approximate surface area is 212 Å². The van der Waals surface area contributed by atoms with Crippen LogP contribution in [0.2, 0.25) is 5.02 Å². The smallest absolute Gasteiger partial charge is 0.253 e. The van der Waals surface area contributed by atoms with Crippen LogP contribution < -0.4 is 21.5 Å². The third-order valence-corrected chi connectivity index (χ3v) is 7.43. The van der Waals surface area contributed by atoms with Gasteiger partial charge in [-0.3, -0.25) is 14.4 Å². The molecular weight excluding hydrogens is 464 g/mol. The fraction of sp³-hybridized carbons (Fsp3) is 0.519. The number of amides is 2. The van der Waals surface area contributed by atoms with Gasteiger partial charge in [-0.1, -0.05) is 11.6 Å². The first-order valence-electron chi connectivity index (χ1n) is 12.4. The van der Waals surface area contributed by atoms with Gasteiger partial charge in [0.05, 0.1) is 0 Å². The molecule has 1 fully saturated rings. The maximum Gasteiger partial charge on any atom is 0.253 e. The van der Waals surface area contributed by atoms with Crippen molar-refractivity contribution in [2.24, 2.45) is 11.7 Å². The predicted octanol–water partition coefficient (Wildman–Crippen LogP) is 4.53. The largest absolute Gasteiger partial charge is 0.370 e. The molecule has 4 N–H and O–H groups in total. The zero-order valence-electron chi connectivity index (χ0n) is 21.2. The lowest BCUT2D eigenvalue weighted by atomic mass is 9.82. The highest BCUT2D eigenvalue weighted by Crippen LogP contribution is 2.36. The van der Waals surface area contributed by atoms with Crippen LogP contribution in [-0.2, 0) is 11.3 Å². The standard InChI is InChI=1S/C27H37ClN4O3/c1-5-32(21-9-6-19(7-10-21)8-11-25(29)33)24-14-20(28)13-22(18(24)4)26(34)30-15-23-16(2)12-17(3)31-27(23)35/h12-14,19,21H,5-11,15H2,1-4H3,(H2,29,33)(H,30,34)(H,31,35). The summed E-state index contributed by atoms with van der Waals surface area (Å²) < 4.78 is 0. The number of primary amides is 1. The lowest BCUT2D eigenvalue weighted by Gasteiger charge is -2.39. The van der Waals surface area contributed by atoms with Crippen molar-refractivity contribution in [3.8, 4) is 0 Å². The minimum Gasteiger partial charge on any atom is -0.370 e. The van der Waals surface area contributed by atoms with Crippen LogP contribution in [-0.4, -0.2) is 29.4 Å². The van der Waals surface area contributed by atoms with E-state index in [9.17, 15) is 14.4 Å². The number of carbonyl (C=O) groups excluding carboxylic acids is 2. The zero-order valence-corrected chi connectivity index (χ0v) is 21.9. The number of anilines is 1. The molecule has 0 radical (unpaired) electrons. The lowest BCUT2D eigenvalue weighted by Crippen LogP contribution is -2.39. The molecule has 190 valence electrons. The Morgan fingerprint density at radius 3 is 2.43 bits per heavy atom. The number of nitrogens with zero attached hydrogens (tertiary/aromatic N) is 1. The first-order chi connectivity index (χ1) is 16.6. The number of pyridine rings is 1. The van der Waals surface area contributed by atoms with E-state index in [1.165, 1.54) is 0 Å². The highest BCUT2D eigenvalue weighted by Gasteiger charge is 2.27. The van der Waals surface area contributed by atoms with E-state index in [1.807, 2.05) is 32.9 Å². The third-order valence-electron chi connectivity index (χ3n) is 7.22. The van der Waals surface area contributed by atoms with Gasteiger partial charge >= 0.3 is 0 Å². The van der Waals surface area contributed by atoms with Crippen LogP contribution >= 0.6 is 11.6 Å². The van der Waals surface area contributed by atoms with E-state index in [2.05, 4.69) is 22.1 Å². The summed E-state index contributed by atoms with van der Waals surface area (Å²) in [4.78, 5) is 41.7. The molecule has 1 heterocycles. The second-order valence-electron chi connectivity index (χ2n) is 9.69. The van der Waals surface area contributed by atoms with E-state index in [-0.39, 0.29) is 23.9 Å². The number of nitrogens with one attached hydrogen (secondary N) is 2. The fourth-order valence-electron chi connectivity index (χ4n) is 5.28. The SMILES string of the molecule is CCN(c1cc(Cl)cc(C(=O)NCc2c(C)cc(C)[nH]c2=O)c1C)C1CCC(CCC(N)=O)CC1. The van der Waals surface area contributed by atoms with Crippen LogP contribution in [0.5, 0.6) is 0 Å². The molecule has 7 nitrogen and oxygen atoms in total. The van der Waals surface area contributed by atoms with Crippen LogP contribution in [0.25, 0.3) is 0 Å². The number of benzene rings is 1. The number of H-pyrrole nitrogens is 1. The van der Waals surface area contributed by atoms with Crippen molar-refractivity contribution in [3.63, 3.8) is 0 Å². The number of aryl methyl sites for hydroxylation is 2. The van der Waals surface area contributed by atoms with Crippen LogP contribution in [0.4, 0.5) is 5.69 Å². The number of aromatic amines is 1. The van der Waals surface area contributed by atoms with Crippen molar-refractivity contribution >= 4 is 29.1 Å². The van der Waals surface area contributed by atoms with Crippen LogP contribution in [0, 0.1) is 26.7 Å². The second-order valence-corrected chi connectivity index (χ2v) is 10.1. The number of halogens is 1. The summed E-state index contributed by atoms with van der Waals surface area (Å²) >= 11 is 6.48.